The monoisotopic (exact) mass is 320 g/mol. The van der Waals surface area contributed by atoms with Crippen molar-refractivity contribution in [1.29, 1.82) is 0 Å². The Bertz CT molecular complexity index is 709. The molecule has 0 heterocycles. The zero-order valence-electron chi connectivity index (χ0n) is 10.1. The van der Waals surface area contributed by atoms with E-state index in [1.165, 1.54) is 6.07 Å². The fraction of sp³-hybridized carbons (Fsp3) is 0.0714. The van der Waals surface area contributed by atoms with E-state index >= 15 is 0 Å². The summed E-state index contributed by atoms with van der Waals surface area (Å²) in [6, 6.07) is 4.36. The summed E-state index contributed by atoms with van der Waals surface area (Å²) in [5.41, 5.74) is -2.61. The quantitative estimate of drug-likeness (QED) is 0.570. The highest BCUT2D eigenvalue weighted by atomic mass is 35.5. The average Bonchev–Trinajstić information content (AvgIpc) is 2.37. The third kappa shape index (κ3) is 3.21. The Morgan fingerprint density at radius 1 is 0.905 bits per heavy atom. The van der Waals surface area contributed by atoms with Crippen molar-refractivity contribution in [2.24, 2.45) is 0 Å². The van der Waals surface area contributed by atoms with Gasteiger partial charge in [-0.05, 0) is 36.4 Å². The maximum Gasteiger partial charge on any atom is 0.416 e. The molecule has 0 atom stereocenters. The lowest BCUT2D eigenvalue weighted by Crippen LogP contribution is -2.11. The van der Waals surface area contributed by atoms with Crippen LogP contribution in [0.5, 0.6) is 0 Å². The molecule has 0 saturated heterocycles. The molecule has 0 fully saturated rings. The van der Waals surface area contributed by atoms with Crippen LogP contribution < -0.4 is 0 Å². The van der Waals surface area contributed by atoms with Gasteiger partial charge in [0.15, 0.2) is 5.78 Å². The Kier molecular flexibility index (Phi) is 4.00. The van der Waals surface area contributed by atoms with Crippen LogP contribution in [0.3, 0.4) is 0 Å². The van der Waals surface area contributed by atoms with Gasteiger partial charge in [0.2, 0.25) is 0 Å². The van der Waals surface area contributed by atoms with Crippen molar-refractivity contribution in [2.45, 2.75) is 6.18 Å². The Balaban J connectivity index is 2.53. The van der Waals surface area contributed by atoms with Gasteiger partial charge in [0.1, 0.15) is 11.6 Å². The molecular formula is C14H6ClF5O. The molecule has 2 aromatic carbocycles. The molecule has 0 unspecified atom stereocenters. The van der Waals surface area contributed by atoms with Crippen LogP contribution >= 0.6 is 11.6 Å². The summed E-state index contributed by atoms with van der Waals surface area (Å²) in [5, 5.41) is 0.00793. The Morgan fingerprint density at radius 3 is 2.14 bits per heavy atom. The van der Waals surface area contributed by atoms with Gasteiger partial charge in [-0.3, -0.25) is 4.79 Å². The van der Waals surface area contributed by atoms with Crippen molar-refractivity contribution >= 4 is 17.4 Å². The summed E-state index contributed by atoms with van der Waals surface area (Å²) in [6.07, 6.45) is -4.73. The first-order chi connectivity index (χ1) is 9.70. The van der Waals surface area contributed by atoms with Crippen LogP contribution in [0.2, 0.25) is 5.02 Å². The van der Waals surface area contributed by atoms with Crippen molar-refractivity contribution in [3.05, 3.63) is 69.7 Å². The van der Waals surface area contributed by atoms with Crippen molar-refractivity contribution in [2.75, 3.05) is 0 Å². The second-order valence-corrected chi connectivity index (χ2v) is 4.58. The van der Waals surface area contributed by atoms with E-state index in [2.05, 4.69) is 0 Å². The van der Waals surface area contributed by atoms with Gasteiger partial charge in [0.25, 0.3) is 0 Å². The first kappa shape index (κ1) is 15.4. The van der Waals surface area contributed by atoms with Crippen molar-refractivity contribution in [3.63, 3.8) is 0 Å². The number of rotatable bonds is 2. The second kappa shape index (κ2) is 5.44. The molecule has 1 nitrogen and oxygen atoms in total. The molecule has 0 spiro atoms. The van der Waals surface area contributed by atoms with E-state index in [1.54, 1.807) is 0 Å². The lowest BCUT2D eigenvalue weighted by molar-refractivity contribution is -0.137. The van der Waals surface area contributed by atoms with Gasteiger partial charge in [-0.2, -0.15) is 13.2 Å². The number of benzene rings is 2. The summed E-state index contributed by atoms with van der Waals surface area (Å²) in [6.45, 7) is 0. The third-order valence-electron chi connectivity index (χ3n) is 2.71. The van der Waals surface area contributed by atoms with Gasteiger partial charge < -0.3 is 0 Å². The van der Waals surface area contributed by atoms with E-state index in [0.29, 0.717) is 18.2 Å². The molecular weight excluding hydrogens is 315 g/mol. The molecule has 0 bridgehead atoms. The van der Waals surface area contributed by atoms with Gasteiger partial charge in [-0.1, -0.05) is 11.6 Å². The zero-order valence-corrected chi connectivity index (χ0v) is 10.9. The molecule has 0 saturated carbocycles. The molecule has 0 N–H and O–H groups in total. The predicted molar refractivity (Wildman–Crippen MR) is 66.2 cm³/mol. The lowest BCUT2D eigenvalue weighted by atomic mass is 10.00. The largest absolute Gasteiger partial charge is 0.416 e. The lowest BCUT2D eigenvalue weighted by Gasteiger charge is -2.09. The van der Waals surface area contributed by atoms with Crippen LogP contribution in [-0.2, 0) is 6.18 Å². The minimum atomic E-state index is -4.73. The standard InChI is InChI=1S/C14H6ClF5O/c15-8-2-3-9(12(17)6-8)13(21)10-5-7(14(18,19)20)1-4-11(10)16/h1-6H. The molecule has 21 heavy (non-hydrogen) atoms. The molecule has 0 amide bonds. The van der Waals surface area contributed by atoms with E-state index < -0.39 is 40.3 Å². The number of carbonyl (C=O) groups excluding carboxylic acids is 1. The van der Waals surface area contributed by atoms with Crippen LogP contribution in [-0.4, -0.2) is 5.78 Å². The minimum absolute atomic E-state index is 0.00793. The van der Waals surface area contributed by atoms with E-state index in [4.69, 9.17) is 11.6 Å². The highest BCUT2D eigenvalue weighted by molar-refractivity contribution is 6.30. The topological polar surface area (TPSA) is 17.1 Å². The smallest absolute Gasteiger partial charge is 0.288 e. The fourth-order valence-corrected chi connectivity index (χ4v) is 1.85. The maximum absolute atomic E-state index is 13.6. The first-order valence-corrected chi connectivity index (χ1v) is 5.94. The Hall–Kier alpha value is -1.95. The molecule has 7 heteroatoms. The highest BCUT2D eigenvalue weighted by Gasteiger charge is 2.32. The van der Waals surface area contributed by atoms with Crippen LogP contribution in [0.4, 0.5) is 22.0 Å². The van der Waals surface area contributed by atoms with Crippen molar-refractivity contribution in [3.8, 4) is 0 Å². The van der Waals surface area contributed by atoms with E-state index in [-0.39, 0.29) is 5.02 Å². The summed E-state index contributed by atoms with van der Waals surface area (Å²) >= 11 is 5.51. The first-order valence-electron chi connectivity index (χ1n) is 5.56. The van der Waals surface area contributed by atoms with Crippen molar-refractivity contribution in [1.82, 2.24) is 0 Å². The molecule has 0 aliphatic carbocycles. The highest BCUT2D eigenvalue weighted by Crippen LogP contribution is 2.31. The van der Waals surface area contributed by atoms with E-state index in [1.807, 2.05) is 0 Å². The van der Waals surface area contributed by atoms with Crippen LogP contribution in [0, 0.1) is 11.6 Å². The zero-order chi connectivity index (χ0) is 15.8. The summed E-state index contributed by atoms with van der Waals surface area (Å²) in [4.78, 5) is 12.0. The number of hydrogen-bond acceptors (Lipinski definition) is 1. The van der Waals surface area contributed by atoms with Gasteiger partial charge in [-0.25, -0.2) is 8.78 Å². The number of hydrogen-bond donors (Lipinski definition) is 0. The van der Waals surface area contributed by atoms with Crippen LogP contribution in [0.1, 0.15) is 21.5 Å². The number of alkyl halides is 3. The molecule has 110 valence electrons. The maximum atomic E-state index is 13.6. The van der Waals surface area contributed by atoms with E-state index in [9.17, 15) is 26.7 Å². The van der Waals surface area contributed by atoms with E-state index in [0.717, 1.165) is 12.1 Å². The number of halogens is 6. The van der Waals surface area contributed by atoms with Gasteiger partial charge in [0, 0.05) is 5.02 Å². The summed E-state index contributed by atoms with van der Waals surface area (Å²) < 4.78 is 64.9. The van der Waals surface area contributed by atoms with Crippen LogP contribution in [0.25, 0.3) is 0 Å². The third-order valence-corrected chi connectivity index (χ3v) is 2.95. The molecule has 2 rings (SSSR count). The molecule has 0 aliphatic heterocycles. The van der Waals surface area contributed by atoms with Gasteiger partial charge in [0.05, 0.1) is 16.7 Å². The SMILES string of the molecule is O=C(c1ccc(Cl)cc1F)c1cc(C(F)(F)F)ccc1F. The van der Waals surface area contributed by atoms with Crippen molar-refractivity contribution < 1.29 is 26.7 Å². The molecule has 0 aromatic heterocycles. The Morgan fingerprint density at radius 2 is 1.57 bits per heavy atom. The summed E-state index contributed by atoms with van der Waals surface area (Å²) in [5.74, 6) is -3.39. The fourth-order valence-electron chi connectivity index (χ4n) is 1.69. The average molecular weight is 321 g/mol. The summed E-state index contributed by atoms with van der Waals surface area (Å²) in [7, 11) is 0. The second-order valence-electron chi connectivity index (χ2n) is 4.15. The predicted octanol–water partition coefficient (Wildman–Crippen LogP) is 4.87. The van der Waals surface area contributed by atoms with Crippen LogP contribution in [0.15, 0.2) is 36.4 Å². The van der Waals surface area contributed by atoms with Gasteiger partial charge >= 0.3 is 6.18 Å². The number of ketones is 1. The molecule has 0 radical (unpaired) electrons. The molecule has 0 aliphatic rings. The van der Waals surface area contributed by atoms with Gasteiger partial charge in [-0.15, -0.1) is 0 Å². The normalized spacial score (nSPS) is 11.5. The molecule has 2 aromatic rings. The minimum Gasteiger partial charge on any atom is -0.288 e. The Labute approximate surface area is 121 Å². The number of carbonyl (C=O) groups is 1.